The Labute approximate surface area is 184 Å². The Balaban J connectivity index is 1.28. The van der Waals surface area contributed by atoms with Crippen LogP contribution in [-0.4, -0.2) is 62.1 Å². The number of carbonyl (C=O) groups is 1. The summed E-state index contributed by atoms with van der Waals surface area (Å²) < 4.78 is 23.1. The van der Waals surface area contributed by atoms with E-state index in [2.05, 4.69) is 4.98 Å². The molecule has 2 aliphatic heterocycles. The Kier molecular flexibility index (Phi) is 6.82. The minimum Gasteiger partial charge on any atom is -0.497 e. The number of piperidine rings is 1. The lowest BCUT2D eigenvalue weighted by atomic mass is 10.0. The summed E-state index contributed by atoms with van der Waals surface area (Å²) in [6.45, 7) is 2.63. The van der Waals surface area contributed by atoms with Crippen LogP contribution >= 0.6 is 23.1 Å². The quantitative estimate of drug-likeness (QED) is 0.599. The highest BCUT2D eigenvalue weighted by atomic mass is 32.2. The molecule has 3 heterocycles. The molecule has 0 N–H and O–H groups in total. The van der Waals surface area contributed by atoms with Crippen LogP contribution in [0.4, 0.5) is 0 Å². The summed E-state index contributed by atoms with van der Waals surface area (Å²) in [4.78, 5) is 19.2. The van der Waals surface area contributed by atoms with Crippen molar-refractivity contribution in [3.63, 3.8) is 0 Å². The van der Waals surface area contributed by atoms with Gasteiger partial charge in [0.05, 0.1) is 39.5 Å². The van der Waals surface area contributed by atoms with Crippen LogP contribution in [0.1, 0.15) is 24.1 Å². The Bertz CT molecular complexity index is 850. The smallest absolute Gasteiger partial charge is 0.228 e. The third kappa shape index (κ3) is 5.08. The predicted octanol–water partition coefficient (Wildman–Crippen LogP) is 3.36. The van der Waals surface area contributed by atoms with Crippen molar-refractivity contribution in [2.75, 3.05) is 40.5 Å². The Morgan fingerprint density at radius 2 is 1.83 bits per heavy atom. The summed E-state index contributed by atoms with van der Waals surface area (Å²) in [5, 5.41) is 1.97. The third-order valence-corrected chi connectivity index (χ3v) is 7.47. The zero-order chi connectivity index (χ0) is 21.0. The van der Waals surface area contributed by atoms with Gasteiger partial charge in [-0.15, -0.1) is 11.3 Å². The van der Waals surface area contributed by atoms with E-state index in [1.807, 2.05) is 28.5 Å². The SMILES string of the molecule is COc1cc(CSc2nc(CC(=O)N3CCC4(CC3)OCCO4)cs2)cc(OC)c1. The first kappa shape index (κ1) is 21.4. The molecule has 0 unspecified atom stereocenters. The molecule has 2 aromatic rings. The maximum absolute atomic E-state index is 12.7. The maximum Gasteiger partial charge on any atom is 0.228 e. The number of hydrogen-bond donors (Lipinski definition) is 0. The van der Waals surface area contributed by atoms with Gasteiger partial charge in [0.15, 0.2) is 5.79 Å². The van der Waals surface area contributed by atoms with Gasteiger partial charge in [-0.25, -0.2) is 4.98 Å². The zero-order valence-electron chi connectivity index (χ0n) is 17.2. The zero-order valence-corrected chi connectivity index (χ0v) is 18.9. The van der Waals surface area contributed by atoms with E-state index in [1.165, 1.54) is 0 Å². The number of aromatic nitrogens is 1. The van der Waals surface area contributed by atoms with Crippen molar-refractivity contribution in [1.29, 1.82) is 0 Å². The molecule has 1 aromatic heterocycles. The van der Waals surface area contributed by atoms with Gasteiger partial charge in [-0.2, -0.15) is 0 Å². The maximum atomic E-state index is 12.7. The van der Waals surface area contributed by atoms with Gasteiger partial charge in [-0.3, -0.25) is 4.79 Å². The van der Waals surface area contributed by atoms with Gasteiger partial charge in [0, 0.05) is 43.1 Å². The van der Waals surface area contributed by atoms with Crippen LogP contribution in [0.5, 0.6) is 11.5 Å². The number of methoxy groups -OCH3 is 2. The molecule has 2 aliphatic rings. The lowest BCUT2D eigenvalue weighted by Crippen LogP contribution is -2.47. The lowest BCUT2D eigenvalue weighted by Gasteiger charge is -2.37. The molecule has 30 heavy (non-hydrogen) atoms. The normalized spacial score (nSPS) is 18.0. The summed E-state index contributed by atoms with van der Waals surface area (Å²) >= 11 is 3.22. The minimum absolute atomic E-state index is 0.113. The standard InChI is InChI=1S/C21H26N2O5S2/c1-25-17-9-15(10-18(12-17)26-2)13-29-20-22-16(14-30-20)11-19(24)23-5-3-21(4-6-23)27-7-8-28-21/h9-10,12,14H,3-8,11,13H2,1-2H3. The van der Waals surface area contributed by atoms with Crippen molar-refractivity contribution >= 4 is 29.0 Å². The van der Waals surface area contributed by atoms with Gasteiger partial charge in [-0.1, -0.05) is 11.8 Å². The van der Waals surface area contributed by atoms with E-state index in [-0.39, 0.29) is 5.91 Å². The van der Waals surface area contributed by atoms with Gasteiger partial charge in [0.1, 0.15) is 15.8 Å². The van der Waals surface area contributed by atoms with E-state index in [9.17, 15) is 4.79 Å². The Hall–Kier alpha value is -1.81. The van der Waals surface area contributed by atoms with Gasteiger partial charge in [-0.05, 0) is 17.7 Å². The van der Waals surface area contributed by atoms with Crippen molar-refractivity contribution in [3.8, 4) is 11.5 Å². The van der Waals surface area contributed by atoms with Gasteiger partial charge < -0.3 is 23.8 Å². The number of thioether (sulfide) groups is 1. The van der Waals surface area contributed by atoms with E-state index in [1.54, 1.807) is 37.3 Å². The van der Waals surface area contributed by atoms with Crippen molar-refractivity contribution in [3.05, 3.63) is 34.8 Å². The number of hydrogen-bond acceptors (Lipinski definition) is 8. The summed E-state index contributed by atoms with van der Waals surface area (Å²) in [5.74, 6) is 1.95. The summed E-state index contributed by atoms with van der Waals surface area (Å²) in [6, 6.07) is 5.84. The van der Waals surface area contributed by atoms with Gasteiger partial charge in [0.2, 0.25) is 5.91 Å². The highest BCUT2D eigenvalue weighted by Gasteiger charge is 2.40. The molecule has 0 aliphatic carbocycles. The van der Waals surface area contributed by atoms with Crippen molar-refractivity contribution in [2.24, 2.45) is 0 Å². The molecule has 162 valence electrons. The monoisotopic (exact) mass is 450 g/mol. The van der Waals surface area contributed by atoms with Crippen LogP contribution < -0.4 is 9.47 Å². The predicted molar refractivity (Wildman–Crippen MR) is 115 cm³/mol. The molecule has 2 saturated heterocycles. The number of thiazole rings is 1. The highest BCUT2D eigenvalue weighted by molar-refractivity contribution is 8.00. The summed E-state index contributed by atoms with van der Waals surface area (Å²) in [5.41, 5.74) is 1.92. The minimum atomic E-state index is -0.454. The second-order valence-electron chi connectivity index (χ2n) is 7.28. The average molecular weight is 451 g/mol. The van der Waals surface area contributed by atoms with E-state index < -0.39 is 5.79 Å². The molecule has 0 atom stereocenters. The third-order valence-electron chi connectivity index (χ3n) is 5.33. The van der Waals surface area contributed by atoms with Gasteiger partial charge >= 0.3 is 0 Å². The molecule has 7 nitrogen and oxygen atoms in total. The number of ether oxygens (including phenoxy) is 4. The first-order chi connectivity index (χ1) is 14.6. The van der Waals surface area contributed by atoms with Crippen LogP contribution in [0.15, 0.2) is 27.9 Å². The van der Waals surface area contributed by atoms with Crippen molar-refractivity contribution in [2.45, 2.75) is 35.1 Å². The van der Waals surface area contributed by atoms with Crippen LogP contribution in [0, 0.1) is 0 Å². The van der Waals surface area contributed by atoms with Gasteiger partial charge in [0.25, 0.3) is 0 Å². The number of likely N-dealkylation sites (tertiary alicyclic amines) is 1. The number of rotatable bonds is 7. The molecule has 1 amide bonds. The van der Waals surface area contributed by atoms with E-state index in [0.29, 0.717) is 32.7 Å². The number of nitrogens with zero attached hydrogens (tertiary/aromatic N) is 2. The van der Waals surface area contributed by atoms with Crippen molar-refractivity contribution < 1.29 is 23.7 Å². The van der Waals surface area contributed by atoms with Crippen LogP contribution in [0.2, 0.25) is 0 Å². The fourth-order valence-electron chi connectivity index (χ4n) is 3.68. The van der Waals surface area contributed by atoms with E-state index in [4.69, 9.17) is 18.9 Å². The fraction of sp³-hybridized carbons (Fsp3) is 0.524. The van der Waals surface area contributed by atoms with E-state index >= 15 is 0 Å². The van der Waals surface area contributed by atoms with Crippen LogP contribution in [0.25, 0.3) is 0 Å². The molecule has 9 heteroatoms. The Morgan fingerprint density at radius 1 is 1.17 bits per heavy atom. The molecular weight excluding hydrogens is 424 g/mol. The van der Waals surface area contributed by atoms with Crippen LogP contribution in [-0.2, 0) is 26.4 Å². The van der Waals surface area contributed by atoms with E-state index in [0.717, 1.165) is 45.7 Å². The number of benzene rings is 1. The highest BCUT2D eigenvalue weighted by Crippen LogP contribution is 2.32. The second-order valence-corrected chi connectivity index (χ2v) is 9.36. The molecule has 1 aromatic carbocycles. The fourth-order valence-corrected chi connectivity index (χ4v) is 5.45. The molecule has 0 radical (unpaired) electrons. The average Bonchev–Trinajstić information content (AvgIpc) is 3.42. The molecule has 0 saturated carbocycles. The first-order valence-electron chi connectivity index (χ1n) is 9.94. The van der Waals surface area contributed by atoms with Crippen molar-refractivity contribution in [1.82, 2.24) is 9.88 Å². The molecular formula is C21H26N2O5S2. The second kappa shape index (κ2) is 9.55. The summed E-state index contributed by atoms with van der Waals surface area (Å²) in [6.07, 6.45) is 1.81. The molecule has 0 bridgehead atoms. The molecule has 2 fully saturated rings. The number of carbonyl (C=O) groups excluding carboxylic acids is 1. The topological polar surface area (TPSA) is 70.1 Å². The molecule has 1 spiro atoms. The lowest BCUT2D eigenvalue weighted by molar-refractivity contribution is -0.187. The van der Waals surface area contributed by atoms with Crippen LogP contribution in [0.3, 0.4) is 0 Å². The first-order valence-corrected chi connectivity index (χ1v) is 11.8. The summed E-state index contributed by atoms with van der Waals surface area (Å²) in [7, 11) is 3.29. The number of amides is 1. The largest absolute Gasteiger partial charge is 0.497 e. The molecule has 4 rings (SSSR count). The Morgan fingerprint density at radius 3 is 2.47 bits per heavy atom.